The standard InChI is InChI=1S/C24H29N7O3/c1-16-8-12-29(13-9-16)18-7-6-17(14-19(18)31(33)34)22(32)27-21-15-20(24(2,3)4)28-30(21)23-25-10-5-11-26-23/h5-7,10-11,14-16H,8-9,12-13H2,1-4H3,(H,27,32). The summed E-state index contributed by atoms with van der Waals surface area (Å²) in [6.45, 7) is 9.76. The molecule has 1 aliphatic rings. The number of hydrogen-bond acceptors (Lipinski definition) is 7. The normalized spacial score (nSPS) is 14.8. The van der Waals surface area contributed by atoms with Crippen LogP contribution in [-0.4, -0.2) is 43.7 Å². The number of nitrogens with zero attached hydrogens (tertiary/aromatic N) is 6. The van der Waals surface area contributed by atoms with Gasteiger partial charge in [0.1, 0.15) is 11.5 Å². The van der Waals surface area contributed by atoms with Crippen LogP contribution < -0.4 is 10.2 Å². The van der Waals surface area contributed by atoms with Gasteiger partial charge in [-0.05, 0) is 37.0 Å². The van der Waals surface area contributed by atoms with Crippen molar-refractivity contribution in [2.45, 2.75) is 46.0 Å². The fraction of sp³-hybridized carbons (Fsp3) is 0.417. The highest BCUT2D eigenvalue weighted by atomic mass is 16.6. The smallest absolute Gasteiger partial charge is 0.293 e. The van der Waals surface area contributed by atoms with Crippen molar-refractivity contribution < 1.29 is 9.72 Å². The SMILES string of the molecule is CC1CCN(c2ccc(C(=O)Nc3cc(C(C)(C)C)nn3-c3ncccn3)cc2[N+](=O)[O-])CC1. The number of nitrogens with one attached hydrogen (secondary N) is 1. The third-order valence-corrected chi connectivity index (χ3v) is 6.02. The summed E-state index contributed by atoms with van der Waals surface area (Å²) < 4.78 is 1.47. The molecule has 1 aliphatic heterocycles. The number of piperidine rings is 1. The summed E-state index contributed by atoms with van der Waals surface area (Å²) in [7, 11) is 0. The second-order valence-corrected chi connectivity index (χ2v) is 9.71. The first-order valence-corrected chi connectivity index (χ1v) is 11.4. The molecule has 0 radical (unpaired) electrons. The van der Waals surface area contributed by atoms with E-state index in [1.807, 2.05) is 25.7 Å². The van der Waals surface area contributed by atoms with Crippen molar-refractivity contribution in [1.82, 2.24) is 19.7 Å². The third kappa shape index (κ3) is 4.90. The van der Waals surface area contributed by atoms with E-state index in [1.165, 1.54) is 10.7 Å². The maximum Gasteiger partial charge on any atom is 0.293 e. The molecule has 0 aliphatic carbocycles. The minimum Gasteiger partial charge on any atom is -0.366 e. The summed E-state index contributed by atoms with van der Waals surface area (Å²) in [6.07, 6.45) is 5.16. The number of benzene rings is 1. The molecule has 2 aromatic heterocycles. The molecule has 0 unspecified atom stereocenters. The van der Waals surface area contributed by atoms with E-state index in [-0.39, 0.29) is 16.7 Å². The molecule has 178 valence electrons. The van der Waals surface area contributed by atoms with E-state index in [2.05, 4.69) is 27.3 Å². The van der Waals surface area contributed by atoms with E-state index < -0.39 is 10.8 Å². The molecule has 0 atom stereocenters. The highest BCUT2D eigenvalue weighted by Crippen LogP contribution is 2.33. The Labute approximate surface area is 198 Å². The Morgan fingerprint density at radius 1 is 1.15 bits per heavy atom. The number of anilines is 2. The lowest BCUT2D eigenvalue weighted by Crippen LogP contribution is -2.33. The van der Waals surface area contributed by atoms with Crippen molar-refractivity contribution in [1.29, 1.82) is 0 Å². The second-order valence-electron chi connectivity index (χ2n) is 9.71. The summed E-state index contributed by atoms with van der Waals surface area (Å²) in [4.78, 5) is 35.0. The Hall–Kier alpha value is -3.82. The van der Waals surface area contributed by atoms with E-state index in [4.69, 9.17) is 0 Å². The minimum absolute atomic E-state index is 0.0718. The molecule has 0 bridgehead atoms. The molecule has 0 saturated carbocycles. The van der Waals surface area contributed by atoms with Crippen molar-refractivity contribution in [3.63, 3.8) is 0 Å². The van der Waals surface area contributed by atoms with E-state index in [1.54, 1.807) is 36.7 Å². The first kappa shape index (κ1) is 23.3. The van der Waals surface area contributed by atoms with Crippen molar-refractivity contribution in [3.05, 3.63) is 64.1 Å². The predicted octanol–water partition coefficient (Wildman–Crippen LogP) is 4.36. The number of rotatable bonds is 5. The summed E-state index contributed by atoms with van der Waals surface area (Å²) >= 11 is 0. The van der Waals surface area contributed by atoms with Crippen molar-refractivity contribution in [3.8, 4) is 5.95 Å². The zero-order chi connectivity index (χ0) is 24.5. The largest absolute Gasteiger partial charge is 0.366 e. The number of hydrogen-bond donors (Lipinski definition) is 1. The molecule has 4 rings (SSSR count). The van der Waals surface area contributed by atoms with Crippen LogP contribution in [0.4, 0.5) is 17.2 Å². The number of aromatic nitrogens is 4. The number of nitro benzene ring substituents is 1. The Bertz CT molecular complexity index is 1190. The number of amides is 1. The molecule has 1 aromatic carbocycles. The van der Waals surface area contributed by atoms with E-state index in [9.17, 15) is 14.9 Å². The van der Waals surface area contributed by atoms with Crippen LogP contribution in [0.5, 0.6) is 0 Å². The van der Waals surface area contributed by atoms with Gasteiger partial charge in [-0.3, -0.25) is 14.9 Å². The quantitative estimate of drug-likeness (QED) is 0.441. The van der Waals surface area contributed by atoms with E-state index in [0.29, 0.717) is 23.4 Å². The van der Waals surface area contributed by atoms with Crippen LogP contribution in [0.25, 0.3) is 5.95 Å². The minimum atomic E-state index is -0.473. The van der Waals surface area contributed by atoms with Gasteiger partial charge >= 0.3 is 0 Å². The number of carbonyl (C=O) groups is 1. The molecule has 10 nitrogen and oxygen atoms in total. The Morgan fingerprint density at radius 2 is 1.82 bits per heavy atom. The fourth-order valence-corrected chi connectivity index (χ4v) is 3.91. The molecular formula is C24H29N7O3. The monoisotopic (exact) mass is 463 g/mol. The zero-order valence-corrected chi connectivity index (χ0v) is 19.9. The molecule has 1 saturated heterocycles. The summed E-state index contributed by atoms with van der Waals surface area (Å²) in [5, 5.41) is 19.3. The average Bonchev–Trinajstić information content (AvgIpc) is 3.24. The second kappa shape index (κ2) is 9.20. The maximum absolute atomic E-state index is 13.1. The van der Waals surface area contributed by atoms with Gasteiger partial charge < -0.3 is 10.2 Å². The lowest BCUT2D eigenvalue weighted by molar-refractivity contribution is -0.384. The first-order valence-electron chi connectivity index (χ1n) is 11.4. The fourth-order valence-electron chi connectivity index (χ4n) is 3.91. The van der Waals surface area contributed by atoms with Crippen LogP contribution in [0.2, 0.25) is 0 Å². The van der Waals surface area contributed by atoms with Gasteiger partial charge in [0.05, 0.1) is 10.6 Å². The van der Waals surface area contributed by atoms with Crippen LogP contribution in [0, 0.1) is 16.0 Å². The summed E-state index contributed by atoms with van der Waals surface area (Å²) in [6, 6.07) is 8.10. The molecule has 1 amide bonds. The molecular weight excluding hydrogens is 434 g/mol. The summed E-state index contributed by atoms with van der Waals surface area (Å²) in [5.41, 5.74) is 1.14. The molecule has 3 heterocycles. The molecule has 1 fully saturated rings. The van der Waals surface area contributed by atoms with Gasteiger partial charge in [0.2, 0.25) is 0 Å². The maximum atomic E-state index is 13.1. The van der Waals surface area contributed by atoms with Gasteiger partial charge in [0.15, 0.2) is 0 Å². The summed E-state index contributed by atoms with van der Waals surface area (Å²) in [5.74, 6) is 0.836. The van der Waals surface area contributed by atoms with Gasteiger partial charge in [-0.15, -0.1) is 0 Å². The number of nitro groups is 1. The zero-order valence-electron chi connectivity index (χ0n) is 19.9. The van der Waals surface area contributed by atoms with Crippen LogP contribution in [0.15, 0.2) is 42.7 Å². The number of carbonyl (C=O) groups excluding carboxylic acids is 1. The highest BCUT2D eigenvalue weighted by molar-refractivity contribution is 6.04. The molecule has 0 spiro atoms. The van der Waals surface area contributed by atoms with Gasteiger partial charge in [0.25, 0.3) is 17.5 Å². The van der Waals surface area contributed by atoms with Crippen LogP contribution >= 0.6 is 0 Å². The van der Waals surface area contributed by atoms with Gasteiger partial charge in [-0.25, -0.2) is 9.97 Å². The Balaban J connectivity index is 1.65. The Kier molecular flexibility index (Phi) is 6.32. The molecule has 34 heavy (non-hydrogen) atoms. The molecule has 10 heteroatoms. The lowest BCUT2D eigenvalue weighted by atomic mass is 9.92. The Morgan fingerprint density at radius 3 is 2.44 bits per heavy atom. The molecule has 3 aromatic rings. The third-order valence-electron chi connectivity index (χ3n) is 6.02. The van der Waals surface area contributed by atoms with Gasteiger partial charge in [-0.1, -0.05) is 27.7 Å². The van der Waals surface area contributed by atoms with Crippen molar-refractivity contribution >= 4 is 23.1 Å². The van der Waals surface area contributed by atoms with Crippen LogP contribution in [0.3, 0.4) is 0 Å². The van der Waals surface area contributed by atoms with Crippen molar-refractivity contribution in [2.75, 3.05) is 23.3 Å². The van der Waals surface area contributed by atoms with Gasteiger partial charge in [0, 0.05) is 48.6 Å². The topological polar surface area (TPSA) is 119 Å². The van der Waals surface area contributed by atoms with Gasteiger partial charge in [-0.2, -0.15) is 9.78 Å². The average molecular weight is 464 g/mol. The lowest BCUT2D eigenvalue weighted by Gasteiger charge is -2.31. The van der Waals surface area contributed by atoms with Crippen LogP contribution in [0.1, 0.15) is 56.6 Å². The highest BCUT2D eigenvalue weighted by Gasteiger charge is 2.26. The predicted molar refractivity (Wildman–Crippen MR) is 130 cm³/mol. The molecule has 1 N–H and O–H groups in total. The van der Waals surface area contributed by atoms with Crippen LogP contribution in [-0.2, 0) is 5.41 Å². The van der Waals surface area contributed by atoms with Crippen molar-refractivity contribution in [2.24, 2.45) is 5.92 Å². The van der Waals surface area contributed by atoms with E-state index >= 15 is 0 Å². The van der Waals surface area contributed by atoms with E-state index in [0.717, 1.165) is 31.6 Å². The first-order chi connectivity index (χ1) is 16.1.